The van der Waals surface area contributed by atoms with E-state index in [-0.39, 0.29) is 35.5 Å². The molecular formula is C17H28BrNO3. The molecular weight excluding hydrogens is 346 g/mol. The molecule has 1 rings (SSSR count). The van der Waals surface area contributed by atoms with Crippen molar-refractivity contribution in [1.82, 2.24) is 0 Å². The Morgan fingerprint density at radius 1 is 1.23 bits per heavy atom. The molecule has 0 aromatic heterocycles. The van der Waals surface area contributed by atoms with Crippen LogP contribution in [-0.2, 0) is 9.53 Å². The van der Waals surface area contributed by atoms with Crippen LogP contribution in [0, 0.1) is 0 Å². The van der Waals surface area contributed by atoms with Gasteiger partial charge in [-0.25, -0.2) is 0 Å². The van der Waals surface area contributed by atoms with Crippen molar-refractivity contribution < 1.29 is 36.1 Å². The first-order valence-electron chi connectivity index (χ1n) is 7.72. The highest BCUT2D eigenvalue weighted by molar-refractivity contribution is 5.78. The van der Waals surface area contributed by atoms with Crippen LogP contribution in [-0.4, -0.2) is 55.5 Å². The molecule has 0 amide bonds. The Morgan fingerprint density at radius 3 is 2.32 bits per heavy atom. The molecule has 0 aliphatic heterocycles. The number of likely N-dealkylation sites (N-methyl/N-ethyl adjacent to an activating group) is 1. The van der Waals surface area contributed by atoms with Crippen LogP contribution in [0.5, 0.6) is 0 Å². The number of esters is 1. The number of quaternary nitrogens is 1. The van der Waals surface area contributed by atoms with E-state index in [2.05, 4.69) is 20.9 Å². The molecule has 0 aliphatic rings. The average Bonchev–Trinajstić information content (AvgIpc) is 2.53. The van der Waals surface area contributed by atoms with Gasteiger partial charge in [0.05, 0.1) is 26.1 Å². The molecule has 0 saturated carbocycles. The zero-order valence-electron chi connectivity index (χ0n) is 13.8. The van der Waals surface area contributed by atoms with E-state index in [9.17, 15) is 4.79 Å². The predicted octanol–water partition coefficient (Wildman–Crippen LogP) is -0.814. The number of halogens is 1. The van der Waals surface area contributed by atoms with Crippen molar-refractivity contribution in [3.05, 3.63) is 35.9 Å². The van der Waals surface area contributed by atoms with Crippen molar-refractivity contribution in [2.75, 3.05) is 39.9 Å². The summed E-state index contributed by atoms with van der Waals surface area (Å²) in [7, 11) is 2.16. The van der Waals surface area contributed by atoms with E-state index in [1.54, 1.807) is 0 Å². The summed E-state index contributed by atoms with van der Waals surface area (Å²) in [6.07, 6.45) is 0.399. The Hall–Kier alpha value is -0.910. The molecule has 1 atom stereocenters. The number of benzene rings is 1. The van der Waals surface area contributed by atoms with E-state index in [0.717, 1.165) is 29.7 Å². The fourth-order valence-corrected chi connectivity index (χ4v) is 2.24. The van der Waals surface area contributed by atoms with Gasteiger partial charge >= 0.3 is 5.97 Å². The van der Waals surface area contributed by atoms with E-state index >= 15 is 0 Å². The van der Waals surface area contributed by atoms with E-state index in [4.69, 9.17) is 9.84 Å². The molecule has 0 fully saturated rings. The van der Waals surface area contributed by atoms with Crippen LogP contribution in [0.4, 0.5) is 0 Å². The third-order valence-electron chi connectivity index (χ3n) is 4.31. The molecule has 0 spiro atoms. The molecule has 0 saturated heterocycles. The Balaban J connectivity index is 0.00000441. The number of aliphatic hydroxyl groups excluding tert-OH is 1. The van der Waals surface area contributed by atoms with Gasteiger partial charge in [-0.15, -0.1) is 0 Å². The highest BCUT2D eigenvalue weighted by Gasteiger charge is 2.23. The Labute approximate surface area is 144 Å². The van der Waals surface area contributed by atoms with E-state index in [1.165, 1.54) is 0 Å². The normalized spacial score (nSPS) is 12.4. The van der Waals surface area contributed by atoms with Crippen LogP contribution in [0.2, 0.25) is 0 Å². The van der Waals surface area contributed by atoms with E-state index < -0.39 is 0 Å². The Morgan fingerprint density at radius 2 is 1.82 bits per heavy atom. The first kappa shape index (κ1) is 21.1. The van der Waals surface area contributed by atoms with Gasteiger partial charge in [0.25, 0.3) is 0 Å². The van der Waals surface area contributed by atoms with Crippen molar-refractivity contribution >= 4 is 5.97 Å². The summed E-state index contributed by atoms with van der Waals surface area (Å²) in [5, 5.41) is 9.17. The summed E-state index contributed by atoms with van der Waals surface area (Å²) in [6.45, 7) is 7.55. The minimum atomic E-state index is -0.377. The number of aliphatic hydroxyl groups is 1. The quantitative estimate of drug-likeness (QED) is 0.454. The highest BCUT2D eigenvalue weighted by Crippen LogP contribution is 2.20. The summed E-state index contributed by atoms with van der Waals surface area (Å²) >= 11 is 0. The maximum atomic E-state index is 12.3. The molecule has 1 N–H and O–H groups in total. The number of carbonyl (C=O) groups excluding carboxylic acids is 1. The average molecular weight is 374 g/mol. The minimum absolute atomic E-state index is 0. The van der Waals surface area contributed by atoms with Crippen molar-refractivity contribution in [1.29, 1.82) is 0 Å². The first-order chi connectivity index (χ1) is 10.1. The second-order valence-corrected chi connectivity index (χ2v) is 5.62. The second kappa shape index (κ2) is 10.8. The van der Waals surface area contributed by atoms with Gasteiger partial charge < -0.3 is 31.3 Å². The molecule has 1 aromatic carbocycles. The predicted molar refractivity (Wildman–Crippen MR) is 84.0 cm³/mol. The summed E-state index contributed by atoms with van der Waals surface area (Å²) in [5.74, 6) is -0.618. The van der Waals surface area contributed by atoms with Gasteiger partial charge in [0.15, 0.2) is 0 Å². The summed E-state index contributed by atoms with van der Waals surface area (Å²) in [5.41, 5.74) is 0.903. The first-order valence-corrected chi connectivity index (χ1v) is 7.72. The van der Waals surface area contributed by atoms with Crippen LogP contribution >= 0.6 is 0 Å². The Kier molecular flexibility index (Phi) is 10.3. The van der Waals surface area contributed by atoms with Gasteiger partial charge in [-0.05, 0) is 25.8 Å². The number of hydrogen-bond donors (Lipinski definition) is 1. The van der Waals surface area contributed by atoms with Crippen LogP contribution in [0.25, 0.3) is 0 Å². The molecule has 0 heterocycles. The lowest BCUT2D eigenvalue weighted by atomic mass is 9.96. The fraction of sp³-hybridized carbons (Fsp3) is 0.588. The van der Waals surface area contributed by atoms with Gasteiger partial charge in [0.1, 0.15) is 13.2 Å². The molecule has 0 bridgehead atoms. The number of rotatable bonds is 9. The largest absolute Gasteiger partial charge is 1.00 e. The van der Waals surface area contributed by atoms with Crippen molar-refractivity contribution in [2.24, 2.45) is 0 Å². The topological polar surface area (TPSA) is 46.5 Å². The van der Waals surface area contributed by atoms with Crippen LogP contribution in [0.3, 0.4) is 0 Å². The minimum Gasteiger partial charge on any atom is -1.00 e. The summed E-state index contributed by atoms with van der Waals surface area (Å²) in [6, 6.07) is 9.51. The maximum absolute atomic E-state index is 12.3. The molecule has 0 aliphatic carbocycles. The SMILES string of the molecule is CC[N+](C)(CC)CCOC(=O)C(CCO)c1ccccc1.[Br-]. The number of ether oxygens (including phenoxy) is 1. The maximum Gasteiger partial charge on any atom is 0.313 e. The van der Waals surface area contributed by atoms with Crippen LogP contribution in [0.1, 0.15) is 31.7 Å². The van der Waals surface area contributed by atoms with Crippen molar-refractivity contribution in [3.8, 4) is 0 Å². The van der Waals surface area contributed by atoms with E-state index in [0.29, 0.717) is 13.0 Å². The van der Waals surface area contributed by atoms with Gasteiger partial charge in [-0.1, -0.05) is 30.3 Å². The summed E-state index contributed by atoms with van der Waals surface area (Å²) < 4.78 is 6.34. The Bertz CT molecular complexity index is 421. The second-order valence-electron chi connectivity index (χ2n) is 5.62. The molecule has 1 unspecified atom stereocenters. The van der Waals surface area contributed by atoms with Crippen molar-refractivity contribution in [2.45, 2.75) is 26.2 Å². The lowest BCUT2D eigenvalue weighted by molar-refractivity contribution is -0.906. The van der Waals surface area contributed by atoms with Crippen LogP contribution in [0.15, 0.2) is 30.3 Å². The smallest absolute Gasteiger partial charge is 0.313 e. The lowest BCUT2D eigenvalue weighted by Gasteiger charge is -2.31. The van der Waals surface area contributed by atoms with Crippen LogP contribution < -0.4 is 17.0 Å². The molecule has 126 valence electrons. The highest BCUT2D eigenvalue weighted by atomic mass is 79.9. The van der Waals surface area contributed by atoms with Gasteiger partial charge in [0, 0.05) is 6.61 Å². The number of carbonyl (C=O) groups is 1. The fourth-order valence-electron chi connectivity index (χ4n) is 2.24. The summed E-state index contributed by atoms with van der Waals surface area (Å²) in [4.78, 5) is 12.3. The molecule has 22 heavy (non-hydrogen) atoms. The monoisotopic (exact) mass is 373 g/mol. The molecule has 0 radical (unpaired) electrons. The van der Waals surface area contributed by atoms with Gasteiger partial charge in [-0.2, -0.15) is 0 Å². The lowest BCUT2D eigenvalue weighted by Crippen LogP contribution is -3.00. The zero-order valence-corrected chi connectivity index (χ0v) is 15.4. The van der Waals surface area contributed by atoms with E-state index in [1.807, 2.05) is 30.3 Å². The molecule has 1 aromatic rings. The van der Waals surface area contributed by atoms with Crippen molar-refractivity contribution in [3.63, 3.8) is 0 Å². The van der Waals surface area contributed by atoms with Gasteiger partial charge in [-0.3, -0.25) is 4.79 Å². The number of nitrogens with zero attached hydrogens (tertiary/aromatic N) is 1. The molecule has 5 heteroatoms. The van der Waals surface area contributed by atoms with Gasteiger partial charge in [0.2, 0.25) is 0 Å². The number of hydrogen-bond acceptors (Lipinski definition) is 3. The zero-order chi connectivity index (χ0) is 15.7. The third kappa shape index (κ3) is 6.46. The standard InChI is InChI=1S/C17H28NO3.BrH/c1-4-18(3,5-2)12-14-21-17(20)16(11-13-19)15-9-7-6-8-10-15;/h6-10,16,19H,4-5,11-14H2,1-3H3;1H/q+1;/p-1. The molecule has 4 nitrogen and oxygen atoms in total. The third-order valence-corrected chi connectivity index (χ3v) is 4.31.